The zero-order valence-electron chi connectivity index (χ0n) is 9.09. The molecule has 3 nitrogen and oxygen atoms in total. The predicted octanol–water partition coefficient (Wildman–Crippen LogP) is 1.28. The SMILES string of the molecule is CC(CN)C(=O)NCCC1CCCC1. The van der Waals surface area contributed by atoms with E-state index in [9.17, 15) is 4.79 Å². The molecule has 1 aliphatic carbocycles. The average molecular weight is 198 g/mol. The van der Waals surface area contributed by atoms with E-state index in [-0.39, 0.29) is 11.8 Å². The lowest BCUT2D eigenvalue weighted by Crippen LogP contribution is -2.34. The molecule has 0 spiro atoms. The van der Waals surface area contributed by atoms with Crippen LogP contribution in [0.25, 0.3) is 0 Å². The fourth-order valence-corrected chi connectivity index (χ4v) is 1.98. The molecule has 0 heterocycles. The Hall–Kier alpha value is -0.570. The Balaban J connectivity index is 2.05. The molecule has 0 radical (unpaired) electrons. The first-order valence-electron chi connectivity index (χ1n) is 5.71. The first-order chi connectivity index (χ1) is 6.74. The Morgan fingerprint density at radius 1 is 1.50 bits per heavy atom. The Bertz CT molecular complexity index is 176. The van der Waals surface area contributed by atoms with Crippen LogP contribution >= 0.6 is 0 Å². The predicted molar refractivity (Wildman–Crippen MR) is 57.8 cm³/mol. The Morgan fingerprint density at radius 3 is 2.71 bits per heavy atom. The van der Waals surface area contributed by atoms with E-state index >= 15 is 0 Å². The molecule has 82 valence electrons. The monoisotopic (exact) mass is 198 g/mol. The molecule has 1 saturated carbocycles. The van der Waals surface area contributed by atoms with Crippen LogP contribution in [0.5, 0.6) is 0 Å². The van der Waals surface area contributed by atoms with E-state index in [4.69, 9.17) is 5.73 Å². The summed E-state index contributed by atoms with van der Waals surface area (Å²) in [5, 5.41) is 2.94. The molecule has 0 aromatic rings. The van der Waals surface area contributed by atoms with Crippen molar-refractivity contribution in [3.8, 4) is 0 Å². The zero-order valence-corrected chi connectivity index (χ0v) is 9.09. The van der Waals surface area contributed by atoms with Gasteiger partial charge >= 0.3 is 0 Å². The lowest BCUT2D eigenvalue weighted by Gasteiger charge is -2.12. The Labute approximate surface area is 86.4 Å². The maximum absolute atomic E-state index is 11.4. The van der Waals surface area contributed by atoms with Crippen molar-refractivity contribution in [3.63, 3.8) is 0 Å². The largest absolute Gasteiger partial charge is 0.356 e. The highest BCUT2D eigenvalue weighted by molar-refractivity contribution is 5.78. The van der Waals surface area contributed by atoms with Gasteiger partial charge < -0.3 is 11.1 Å². The molecular formula is C11H22N2O. The first-order valence-corrected chi connectivity index (χ1v) is 5.71. The molecule has 1 fully saturated rings. The van der Waals surface area contributed by atoms with Crippen LogP contribution in [-0.4, -0.2) is 19.0 Å². The van der Waals surface area contributed by atoms with Crippen LogP contribution in [0.1, 0.15) is 39.0 Å². The summed E-state index contributed by atoms with van der Waals surface area (Å²) in [6, 6.07) is 0. The summed E-state index contributed by atoms with van der Waals surface area (Å²) in [6.07, 6.45) is 6.59. The van der Waals surface area contributed by atoms with Gasteiger partial charge in [-0.3, -0.25) is 4.79 Å². The second-order valence-corrected chi connectivity index (χ2v) is 4.37. The summed E-state index contributed by atoms with van der Waals surface area (Å²) in [5.41, 5.74) is 5.41. The Morgan fingerprint density at radius 2 is 2.14 bits per heavy atom. The van der Waals surface area contributed by atoms with Crippen molar-refractivity contribution < 1.29 is 4.79 Å². The van der Waals surface area contributed by atoms with Crippen LogP contribution in [0, 0.1) is 11.8 Å². The molecule has 1 aliphatic rings. The summed E-state index contributed by atoms with van der Waals surface area (Å²) in [4.78, 5) is 11.4. The van der Waals surface area contributed by atoms with Crippen molar-refractivity contribution in [2.24, 2.45) is 17.6 Å². The minimum absolute atomic E-state index is 0.0430. The lowest BCUT2D eigenvalue weighted by atomic mass is 10.0. The number of amides is 1. The molecule has 14 heavy (non-hydrogen) atoms. The molecule has 0 bridgehead atoms. The van der Waals surface area contributed by atoms with Gasteiger partial charge in [0.15, 0.2) is 0 Å². The topological polar surface area (TPSA) is 55.1 Å². The van der Waals surface area contributed by atoms with Crippen molar-refractivity contribution in [2.75, 3.05) is 13.1 Å². The van der Waals surface area contributed by atoms with Crippen LogP contribution in [0.4, 0.5) is 0 Å². The van der Waals surface area contributed by atoms with E-state index < -0.39 is 0 Å². The molecule has 3 N–H and O–H groups in total. The van der Waals surface area contributed by atoms with E-state index in [0.29, 0.717) is 6.54 Å². The fraction of sp³-hybridized carbons (Fsp3) is 0.909. The van der Waals surface area contributed by atoms with Crippen LogP contribution < -0.4 is 11.1 Å². The molecule has 3 heteroatoms. The minimum Gasteiger partial charge on any atom is -0.356 e. The van der Waals surface area contributed by atoms with Gasteiger partial charge in [0.2, 0.25) is 5.91 Å². The molecule has 0 aromatic carbocycles. The lowest BCUT2D eigenvalue weighted by molar-refractivity contribution is -0.124. The number of rotatable bonds is 5. The van der Waals surface area contributed by atoms with Crippen LogP contribution in [0.2, 0.25) is 0 Å². The van der Waals surface area contributed by atoms with Crippen molar-refractivity contribution >= 4 is 5.91 Å². The first kappa shape index (κ1) is 11.5. The normalized spacial score (nSPS) is 19.6. The van der Waals surface area contributed by atoms with Gasteiger partial charge in [0.1, 0.15) is 0 Å². The number of nitrogens with two attached hydrogens (primary N) is 1. The van der Waals surface area contributed by atoms with Crippen molar-refractivity contribution in [1.29, 1.82) is 0 Å². The highest BCUT2D eigenvalue weighted by atomic mass is 16.1. The highest BCUT2D eigenvalue weighted by Gasteiger charge is 2.15. The quantitative estimate of drug-likeness (QED) is 0.699. The molecule has 0 saturated heterocycles. The minimum atomic E-state index is -0.0430. The zero-order chi connectivity index (χ0) is 10.4. The second kappa shape index (κ2) is 6.02. The standard InChI is InChI=1S/C11H22N2O/c1-9(8-12)11(14)13-7-6-10-4-2-3-5-10/h9-10H,2-8,12H2,1H3,(H,13,14). The van der Waals surface area contributed by atoms with E-state index in [0.717, 1.165) is 18.9 Å². The highest BCUT2D eigenvalue weighted by Crippen LogP contribution is 2.26. The van der Waals surface area contributed by atoms with Crippen molar-refractivity contribution in [2.45, 2.75) is 39.0 Å². The second-order valence-electron chi connectivity index (χ2n) is 4.37. The van der Waals surface area contributed by atoms with Gasteiger partial charge in [-0.1, -0.05) is 32.6 Å². The molecule has 1 atom stereocenters. The van der Waals surface area contributed by atoms with Crippen LogP contribution in [0.3, 0.4) is 0 Å². The number of nitrogens with one attached hydrogen (secondary N) is 1. The maximum Gasteiger partial charge on any atom is 0.224 e. The number of carbonyl (C=O) groups is 1. The van der Waals surface area contributed by atoms with Crippen LogP contribution in [-0.2, 0) is 4.79 Å². The molecule has 0 aliphatic heterocycles. The third-order valence-electron chi connectivity index (χ3n) is 3.13. The average Bonchev–Trinajstić information content (AvgIpc) is 2.69. The van der Waals surface area contributed by atoms with Crippen molar-refractivity contribution in [3.05, 3.63) is 0 Å². The molecular weight excluding hydrogens is 176 g/mol. The summed E-state index contributed by atoms with van der Waals surface area (Å²) in [6.45, 7) is 3.13. The number of hydrogen-bond donors (Lipinski definition) is 2. The van der Waals surface area contributed by atoms with Gasteiger partial charge in [-0.15, -0.1) is 0 Å². The summed E-state index contributed by atoms with van der Waals surface area (Å²) >= 11 is 0. The summed E-state index contributed by atoms with van der Waals surface area (Å²) < 4.78 is 0. The van der Waals surface area contributed by atoms with Gasteiger partial charge in [0, 0.05) is 19.0 Å². The van der Waals surface area contributed by atoms with Crippen LogP contribution in [0.15, 0.2) is 0 Å². The maximum atomic E-state index is 11.4. The third kappa shape index (κ3) is 3.66. The van der Waals surface area contributed by atoms with E-state index in [1.807, 2.05) is 6.92 Å². The van der Waals surface area contributed by atoms with Gasteiger partial charge in [0.05, 0.1) is 0 Å². The van der Waals surface area contributed by atoms with E-state index in [1.54, 1.807) is 0 Å². The number of carbonyl (C=O) groups excluding carboxylic acids is 1. The molecule has 1 unspecified atom stereocenters. The smallest absolute Gasteiger partial charge is 0.224 e. The van der Waals surface area contributed by atoms with E-state index in [2.05, 4.69) is 5.32 Å². The summed E-state index contributed by atoms with van der Waals surface area (Å²) in [7, 11) is 0. The molecule has 1 rings (SSSR count). The molecule has 1 amide bonds. The third-order valence-corrected chi connectivity index (χ3v) is 3.13. The molecule has 0 aromatic heterocycles. The van der Waals surface area contributed by atoms with Crippen molar-refractivity contribution in [1.82, 2.24) is 5.32 Å². The summed E-state index contributed by atoms with van der Waals surface area (Å²) in [5.74, 6) is 0.910. The van der Waals surface area contributed by atoms with Gasteiger partial charge in [-0.25, -0.2) is 0 Å². The fourth-order valence-electron chi connectivity index (χ4n) is 1.98. The van der Waals surface area contributed by atoms with Gasteiger partial charge in [-0.2, -0.15) is 0 Å². The van der Waals surface area contributed by atoms with Gasteiger partial charge in [-0.05, 0) is 12.3 Å². The van der Waals surface area contributed by atoms with Gasteiger partial charge in [0.25, 0.3) is 0 Å². The Kier molecular flexibility index (Phi) is 4.94. The number of hydrogen-bond acceptors (Lipinski definition) is 2. The van der Waals surface area contributed by atoms with E-state index in [1.165, 1.54) is 25.7 Å².